The maximum Gasteiger partial charge on any atom is 0.0828 e. The Morgan fingerprint density at radius 3 is 2.30 bits per heavy atom. The molecule has 1 aromatic carbocycles. The lowest BCUT2D eigenvalue weighted by atomic mass is 9.83. The van der Waals surface area contributed by atoms with Crippen LogP contribution in [0.5, 0.6) is 0 Å². The van der Waals surface area contributed by atoms with Gasteiger partial charge in [-0.05, 0) is 50.3 Å². The van der Waals surface area contributed by atoms with Crippen LogP contribution in [0.3, 0.4) is 0 Å². The number of benzene rings is 1. The quantitative estimate of drug-likeness (QED) is 0.733. The minimum absolute atomic E-state index is 0.0720. The van der Waals surface area contributed by atoms with Crippen molar-refractivity contribution < 1.29 is 4.74 Å². The lowest BCUT2D eigenvalue weighted by Crippen LogP contribution is -2.53. The lowest BCUT2D eigenvalue weighted by molar-refractivity contribution is -0.0472. The Labute approximate surface area is 124 Å². The van der Waals surface area contributed by atoms with Crippen LogP contribution in [0.1, 0.15) is 51.2 Å². The zero-order chi connectivity index (χ0) is 15.0. The minimum atomic E-state index is -0.0720. The number of methoxy groups -OCH3 is 1. The lowest BCUT2D eigenvalue weighted by Gasteiger charge is -2.39. The fourth-order valence-corrected chi connectivity index (χ4v) is 3.00. The molecule has 0 amide bonds. The summed E-state index contributed by atoms with van der Waals surface area (Å²) in [6, 6.07) is 9.03. The first-order chi connectivity index (χ1) is 9.63. The molecular formula is C18H31NO. The predicted molar refractivity (Wildman–Crippen MR) is 87.3 cm³/mol. The van der Waals surface area contributed by atoms with Crippen molar-refractivity contribution in [3.8, 4) is 0 Å². The van der Waals surface area contributed by atoms with Crippen molar-refractivity contribution in [3.05, 3.63) is 35.4 Å². The number of rotatable bonds is 9. The highest BCUT2D eigenvalue weighted by Gasteiger charge is 2.35. The van der Waals surface area contributed by atoms with Crippen molar-refractivity contribution in [3.63, 3.8) is 0 Å². The third-order valence-electron chi connectivity index (χ3n) is 4.56. The van der Waals surface area contributed by atoms with E-state index in [1.165, 1.54) is 11.1 Å². The Morgan fingerprint density at radius 2 is 1.80 bits per heavy atom. The first-order valence-corrected chi connectivity index (χ1v) is 7.96. The van der Waals surface area contributed by atoms with Gasteiger partial charge in [0.05, 0.1) is 5.60 Å². The SMILES string of the molecule is CCCNC(Cc1ccccc1C)C(CC)(CC)OC. The predicted octanol–water partition coefficient (Wildman–Crippen LogP) is 4.11. The van der Waals surface area contributed by atoms with Crippen LogP contribution < -0.4 is 5.32 Å². The normalized spacial score (nSPS) is 13.4. The molecule has 1 unspecified atom stereocenters. The van der Waals surface area contributed by atoms with E-state index in [1.807, 2.05) is 7.11 Å². The molecule has 20 heavy (non-hydrogen) atoms. The number of hydrogen-bond acceptors (Lipinski definition) is 2. The molecule has 114 valence electrons. The summed E-state index contributed by atoms with van der Waals surface area (Å²) in [6.45, 7) is 9.90. The van der Waals surface area contributed by atoms with Crippen LogP contribution >= 0.6 is 0 Å². The third kappa shape index (κ3) is 4.07. The van der Waals surface area contributed by atoms with Gasteiger partial charge in [0.1, 0.15) is 0 Å². The average Bonchev–Trinajstić information content (AvgIpc) is 2.48. The molecule has 0 aliphatic rings. The highest BCUT2D eigenvalue weighted by molar-refractivity contribution is 5.27. The van der Waals surface area contributed by atoms with E-state index in [2.05, 4.69) is 57.3 Å². The Morgan fingerprint density at radius 1 is 1.15 bits per heavy atom. The van der Waals surface area contributed by atoms with Crippen molar-refractivity contribution >= 4 is 0 Å². The van der Waals surface area contributed by atoms with E-state index in [9.17, 15) is 0 Å². The maximum atomic E-state index is 5.95. The van der Waals surface area contributed by atoms with Gasteiger partial charge >= 0.3 is 0 Å². The summed E-state index contributed by atoms with van der Waals surface area (Å²) >= 11 is 0. The molecule has 1 atom stereocenters. The van der Waals surface area contributed by atoms with Gasteiger partial charge in [-0.15, -0.1) is 0 Å². The van der Waals surface area contributed by atoms with Gasteiger partial charge in [-0.3, -0.25) is 0 Å². The second-order valence-corrected chi connectivity index (χ2v) is 5.61. The Bertz CT molecular complexity index is 376. The Balaban J connectivity index is 2.96. The Kier molecular flexibility index (Phi) is 7.25. The van der Waals surface area contributed by atoms with E-state index in [-0.39, 0.29) is 5.60 Å². The zero-order valence-electron chi connectivity index (χ0n) is 13.8. The smallest absolute Gasteiger partial charge is 0.0828 e. The van der Waals surface area contributed by atoms with Crippen LogP contribution in [0.2, 0.25) is 0 Å². The monoisotopic (exact) mass is 277 g/mol. The highest BCUT2D eigenvalue weighted by Crippen LogP contribution is 2.27. The molecule has 2 heteroatoms. The molecule has 0 heterocycles. The first kappa shape index (κ1) is 17.2. The molecule has 0 saturated carbocycles. The number of ether oxygens (including phenoxy) is 1. The van der Waals surface area contributed by atoms with Crippen LogP contribution in [0, 0.1) is 6.92 Å². The number of aryl methyl sites for hydroxylation is 1. The molecule has 1 rings (SSSR count). The first-order valence-electron chi connectivity index (χ1n) is 7.96. The van der Waals surface area contributed by atoms with Crippen LogP contribution in [0.15, 0.2) is 24.3 Å². The van der Waals surface area contributed by atoms with E-state index < -0.39 is 0 Å². The molecule has 0 radical (unpaired) electrons. The molecule has 2 nitrogen and oxygen atoms in total. The molecule has 0 fully saturated rings. The fraction of sp³-hybridized carbons (Fsp3) is 0.667. The summed E-state index contributed by atoms with van der Waals surface area (Å²) in [5.74, 6) is 0. The van der Waals surface area contributed by atoms with E-state index in [4.69, 9.17) is 4.74 Å². The van der Waals surface area contributed by atoms with Crippen LogP contribution in [0.25, 0.3) is 0 Å². The molecule has 0 aromatic heterocycles. The van der Waals surface area contributed by atoms with Gasteiger partial charge in [0, 0.05) is 13.2 Å². The van der Waals surface area contributed by atoms with Gasteiger partial charge in [-0.1, -0.05) is 45.0 Å². The highest BCUT2D eigenvalue weighted by atomic mass is 16.5. The maximum absolute atomic E-state index is 5.95. The number of hydrogen-bond donors (Lipinski definition) is 1. The average molecular weight is 277 g/mol. The topological polar surface area (TPSA) is 21.3 Å². The van der Waals surface area contributed by atoms with Crippen molar-refractivity contribution in [1.82, 2.24) is 5.32 Å². The summed E-state index contributed by atoms with van der Waals surface area (Å²) in [5.41, 5.74) is 2.72. The summed E-state index contributed by atoms with van der Waals surface area (Å²) < 4.78 is 5.95. The van der Waals surface area contributed by atoms with Gasteiger partial charge in [0.25, 0.3) is 0 Å². The van der Waals surface area contributed by atoms with E-state index in [1.54, 1.807) is 0 Å². The van der Waals surface area contributed by atoms with Crippen LogP contribution in [-0.4, -0.2) is 25.3 Å². The molecule has 0 bridgehead atoms. The second-order valence-electron chi connectivity index (χ2n) is 5.61. The van der Waals surface area contributed by atoms with Gasteiger partial charge in [0.2, 0.25) is 0 Å². The largest absolute Gasteiger partial charge is 0.377 e. The summed E-state index contributed by atoms with van der Waals surface area (Å²) in [6.07, 6.45) is 4.25. The molecule has 0 aliphatic carbocycles. The van der Waals surface area contributed by atoms with Crippen molar-refractivity contribution in [1.29, 1.82) is 0 Å². The van der Waals surface area contributed by atoms with E-state index in [0.717, 1.165) is 32.2 Å². The van der Waals surface area contributed by atoms with Gasteiger partial charge < -0.3 is 10.1 Å². The number of nitrogens with one attached hydrogen (secondary N) is 1. The summed E-state index contributed by atoms with van der Waals surface area (Å²) in [5, 5.41) is 3.71. The fourth-order valence-electron chi connectivity index (χ4n) is 3.00. The Hall–Kier alpha value is -0.860. The van der Waals surface area contributed by atoms with Gasteiger partial charge in [0.15, 0.2) is 0 Å². The van der Waals surface area contributed by atoms with E-state index in [0.29, 0.717) is 6.04 Å². The summed E-state index contributed by atoms with van der Waals surface area (Å²) in [7, 11) is 1.85. The van der Waals surface area contributed by atoms with Crippen LogP contribution in [-0.2, 0) is 11.2 Å². The zero-order valence-corrected chi connectivity index (χ0v) is 13.8. The molecule has 1 N–H and O–H groups in total. The molecular weight excluding hydrogens is 246 g/mol. The third-order valence-corrected chi connectivity index (χ3v) is 4.56. The van der Waals surface area contributed by atoms with Gasteiger partial charge in [-0.2, -0.15) is 0 Å². The van der Waals surface area contributed by atoms with Crippen LogP contribution in [0.4, 0.5) is 0 Å². The van der Waals surface area contributed by atoms with E-state index >= 15 is 0 Å². The van der Waals surface area contributed by atoms with Gasteiger partial charge in [-0.25, -0.2) is 0 Å². The molecule has 0 spiro atoms. The molecule has 0 saturated heterocycles. The van der Waals surface area contributed by atoms with Crippen molar-refractivity contribution in [2.24, 2.45) is 0 Å². The van der Waals surface area contributed by atoms with Crippen molar-refractivity contribution in [2.75, 3.05) is 13.7 Å². The van der Waals surface area contributed by atoms with Crippen molar-refractivity contribution in [2.45, 2.75) is 65.0 Å². The minimum Gasteiger partial charge on any atom is -0.377 e. The molecule has 0 aliphatic heterocycles. The second kappa shape index (κ2) is 8.43. The summed E-state index contributed by atoms with van der Waals surface area (Å²) in [4.78, 5) is 0. The standard InChI is InChI=1S/C18H31NO/c1-6-13-19-17(18(7-2,8-3)20-5)14-16-12-10-9-11-15(16)4/h9-12,17,19H,6-8,13-14H2,1-5H3. The molecule has 1 aromatic rings.